The molecule has 1 aliphatic carbocycles. The molecule has 2 aliphatic rings. The van der Waals surface area contributed by atoms with E-state index in [2.05, 4.69) is 13.8 Å². The largest absolute Gasteiger partial charge is 0.417 e. The highest BCUT2D eigenvalue weighted by molar-refractivity contribution is 7.89. The number of alkyl halides is 3. The van der Waals surface area contributed by atoms with Crippen LogP contribution in [-0.2, 0) is 21.0 Å². The molecule has 1 heterocycles. The number of benzene rings is 1. The van der Waals surface area contributed by atoms with Crippen LogP contribution in [0.1, 0.15) is 45.1 Å². The standard InChI is InChI=1S/C20H26ClF3N2O3S/c1-13(2)12-26(15-3-4-15)19(27)14-7-9-25(10-8-14)30(28,29)16-5-6-18(21)17(11-16)20(22,23)24/h5-6,11,13-15H,3-4,7-10,12H2,1-2H3. The van der Waals surface area contributed by atoms with E-state index in [1.54, 1.807) is 0 Å². The van der Waals surface area contributed by atoms with Gasteiger partial charge in [0.2, 0.25) is 15.9 Å². The highest BCUT2D eigenvalue weighted by Gasteiger charge is 2.40. The lowest BCUT2D eigenvalue weighted by molar-refractivity contribution is -0.138. The molecule has 5 nitrogen and oxygen atoms in total. The number of piperidine rings is 1. The van der Waals surface area contributed by atoms with Crippen molar-refractivity contribution in [3.8, 4) is 0 Å². The van der Waals surface area contributed by atoms with E-state index >= 15 is 0 Å². The van der Waals surface area contributed by atoms with Crippen LogP contribution in [0.5, 0.6) is 0 Å². The summed E-state index contributed by atoms with van der Waals surface area (Å²) in [6.45, 7) is 5.00. The topological polar surface area (TPSA) is 57.7 Å². The lowest BCUT2D eigenvalue weighted by Crippen LogP contribution is -2.46. The van der Waals surface area contributed by atoms with Crippen molar-refractivity contribution < 1.29 is 26.4 Å². The maximum absolute atomic E-state index is 13.1. The summed E-state index contributed by atoms with van der Waals surface area (Å²) in [4.78, 5) is 14.4. The van der Waals surface area contributed by atoms with E-state index in [0.29, 0.717) is 31.4 Å². The van der Waals surface area contributed by atoms with Crippen LogP contribution >= 0.6 is 11.6 Å². The minimum absolute atomic E-state index is 0.0640. The SMILES string of the molecule is CC(C)CN(C(=O)C1CCN(S(=O)(=O)c2ccc(Cl)c(C(F)(F)F)c2)CC1)C1CC1. The molecule has 1 amide bonds. The first-order valence-electron chi connectivity index (χ1n) is 10.1. The molecule has 2 fully saturated rings. The summed E-state index contributed by atoms with van der Waals surface area (Å²) < 4.78 is 66.2. The van der Waals surface area contributed by atoms with Crippen LogP contribution in [0.15, 0.2) is 23.1 Å². The maximum atomic E-state index is 13.1. The molecule has 168 valence electrons. The first-order valence-corrected chi connectivity index (χ1v) is 11.9. The third-order valence-electron chi connectivity index (χ3n) is 5.52. The Kier molecular flexibility index (Phi) is 6.74. The Labute approximate surface area is 180 Å². The van der Waals surface area contributed by atoms with Crippen molar-refractivity contribution in [3.05, 3.63) is 28.8 Å². The van der Waals surface area contributed by atoms with E-state index < -0.39 is 31.7 Å². The van der Waals surface area contributed by atoms with Gasteiger partial charge in [0.05, 0.1) is 15.5 Å². The zero-order valence-corrected chi connectivity index (χ0v) is 18.5. The van der Waals surface area contributed by atoms with Crippen molar-refractivity contribution in [2.24, 2.45) is 11.8 Å². The fourth-order valence-electron chi connectivity index (χ4n) is 3.81. The quantitative estimate of drug-likeness (QED) is 0.624. The molecule has 0 spiro atoms. The monoisotopic (exact) mass is 466 g/mol. The van der Waals surface area contributed by atoms with Crippen LogP contribution in [-0.4, -0.2) is 49.2 Å². The third-order valence-corrected chi connectivity index (χ3v) is 7.74. The van der Waals surface area contributed by atoms with Crippen LogP contribution < -0.4 is 0 Å². The third kappa shape index (κ3) is 5.11. The number of rotatable bonds is 6. The predicted octanol–water partition coefficient (Wildman–Crippen LogP) is 4.41. The van der Waals surface area contributed by atoms with Gasteiger partial charge < -0.3 is 4.90 Å². The van der Waals surface area contributed by atoms with Crippen molar-refractivity contribution in [2.75, 3.05) is 19.6 Å². The van der Waals surface area contributed by atoms with Gasteiger partial charge in [0.25, 0.3) is 0 Å². The fraction of sp³-hybridized carbons (Fsp3) is 0.650. The molecule has 0 radical (unpaired) electrons. The number of carbonyl (C=O) groups excluding carboxylic acids is 1. The predicted molar refractivity (Wildman–Crippen MR) is 108 cm³/mol. The molecular weight excluding hydrogens is 441 g/mol. The number of halogens is 4. The minimum atomic E-state index is -4.75. The molecule has 1 aromatic rings. The lowest BCUT2D eigenvalue weighted by atomic mass is 9.96. The minimum Gasteiger partial charge on any atom is -0.339 e. The Balaban J connectivity index is 1.70. The summed E-state index contributed by atoms with van der Waals surface area (Å²) in [6.07, 6.45) is -2.02. The first kappa shape index (κ1) is 23.3. The first-order chi connectivity index (χ1) is 13.9. The van der Waals surface area contributed by atoms with Crippen molar-refractivity contribution in [1.82, 2.24) is 9.21 Å². The van der Waals surface area contributed by atoms with Crippen LogP contribution in [0.2, 0.25) is 5.02 Å². The highest BCUT2D eigenvalue weighted by Crippen LogP contribution is 2.37. The summed E-state index contributed by atoms with van der Waals surface area (Å²) in [5.41, 5.74) is -1.18. The van der Waals surface area contributed by atoms with Gasteiger partial charge in [-0.25, -0.2) is 8.42 Å². The number of sulfonamides is 1. The number of nitrogens with zero attached hydrogens (tertiary/aromatic N) is 2. The van der Waals surface area contributed by atoms with Crippen molar-refractivity contribution in [3.63, 3.8) is 0 Å². The van der Waals surface area contributed by atoms with Gasteiger partial charge in [-0.1, -0.05) is 25.4 Å². The van der Waals surface area contributed by atoms with Crippen LogP contribution in [0.4, 0.5) is 13.2 Å². The maximum Gasteiger partial charge on any atom is 0.417 e. The van der Waals surface area contributed by atoms with Crippen molar-refractivity contribution in [2.45, 2.75) is 56.6 Å². The Morgan fingerprint density at radius 3 is 2.30 bits per heavy atom. The average molecular weight is 467 g/mol. The van der Waals surface area contributed by atoms with Gasteiger partial charge in [0.15, 0.2) is 0 Å². The van der Waals surface area contributed by atoms with E-state index in [9.17, 15) is 26.4 Å². The van der Waals surface area contributed by atoms with Crippen molar-refractivity contribution in [1.29, 1.82) is 0 Å². The molecule has 1 saturated carbocycles. The van der Waals surface area contributed by atoms with E-state index in [1.807, 2.05) is 4.90 Å². The lowest BCUT2D eigenvalue weighted by Gasteiger charge is -2.34. The normalized spacial score (nSPS) is 19.3. The Morgan fingerprint density at radius 1 is 1.20 bits per heavy atom. The van der Waals surface area contributed by atoms with Gasteiger partial charge in [-0.05, 0) is 49.8 Å². The number of amides is 1. The molecule has 1 aliphatic heterocycles. The van der Waals surface area contributed by atoms with Crippen LogP contribution in [0.25, 0.3) is 0 Å². The molecule has 3 rings (SSSR count). The Bertz CT molecular complexity index is 893. The van der Waals surface area contributed by atoms with Gasteiger partial charge in [0, 0.05) is 31.6 Å². The van der Waals surface area contributed by atoms with Crippen LogP contribution in [0, 0.1) is 11.8 Å². The van der Waals surface area contributed by atoms with E-state index in [-0.39, 0.29) is 31.0 Å². The molecule has 1 aromatic carbocycles. The second-order valence-electron chi connectivity index (χ2n) is 8.43. The van der Waals surface area contributed by atoms with Gasteiger partial charge in [-0.15, -0.1) is 0 Å². The second-order valence-corrected chi connectivity index (χ2v) is 10.8. The Morgan fingerprint density at radius 2 is 1.80 bits per heavy atom. The van der Waals surface area contributed by atoms with Crippen molar-refractivity contribution >= 4 is 27.5 Å². The molecule has 0 N–H and O–H groups in total. The molecule has 0 bridgehead atoms. The molecule has 10 heteroatoms. The number of hydrogen-bond donors (Lipinski definition) is 0. The molecule has 0 aromatic heterocycles. The summed E-state index contributed by atoms with van der Waals surface area (Å²) >= 11 is 5.60. The average Bonchev–Trinajstić information content (AvgIpc) is 3.50. The zero-order valence-electron chi connectivity index (χ0n) is 17.0. The molecular formula is C20H26ClF3N2O3S. The fourth-order valence-corrected chi connectivity index (χ4v) is 5.53. The summed E-state index contributed by atoms with van der Waals surface area (Å²) in [5.74, 6) is 0.156. The van der Waals surface area contributed by atoms with Gasteiger partial charge in [-0.2, -0.15) is 17.5 Å². The highest BCUT2D eigenvalue weighted by atomic mass is 35.5. The second kappa shape index (κ2) is 8.67. The summed E-state index contributed by atoms with van der Waals surface area (Å²) in [5, 5.41) is -0.545. The summed E-state index contributed by atoms with van der Waals surface area (Å²) in [7, 11) is -4.10. The summed E-state index contributed by atoms with van der Waals surface area (Å²) in [6, 6.07) is 2.90. The van der Waals surface area contributed by atoms with Gasteiger partial charge in [-0.3, -0.25) is 4.79 Å². The Hall–Kier alpha value is -1.32. The number of carbonyl (C=O) groups is 1. The molecule has 1 saturated heterocycles. The molecule has 0 unspecified atom stereocenters. The van der Waals surface area contributed by atoms with E-state index in [0.717, 1.165) is 29.3 Å². The van der Waals surface area contributed by atoms with Gasteiger partial charge >= 0.3 is 6.18 Å². The number of hydrogen-bond acceptors (Lipinski definition) is 3. The van der Waals surface area contributed by atoms with Gasteiger partial charge in [0.1, 0.15) is 0 Å². The zero-order chi connectivity index (χ0) is 22.3. The van der Waals surface area contributed by atoms with E-state index in [4.69, 9.17) is 11.6 Å². The van der Waals surface area contributed by atoms with E-state index in [1.165, 1.54) is 0 Å². The molecule has 0 atom stereocenters. The van der Waals surface area contributed by atoms with Crippen LogP contribution in [0.3, 0.4) is 0 Å². The molecule has 30 heavy (non-hydrogen) atoms. The smallest absolute Gasteiger partial charge is 0.339 e.